The van der Waals surface area contributed by atoms with Gasteiger partial charge in [-0.25, -0.2) is 4.39 Å². The lowest BCUT2D eigenvalue weighted by atomic mass is 10.1. The van der Waals surface area contributed by atoms with Crippen molar-refractivity contribution in [1.29, 1.82) is 0 Å². The molecule has 21 heavy (non-hydrogen) atoms. The summed E-state index contributed by atoms with van der Waals surface area (Å²) in [6.45, 7) is 7.17. The summed E-state index contributed by atoms with van der Waals surface area (Å²) in [5, 5.41) is 12.6. The van der Waals surface area contributed by atoms with Crippen molar-refractivity contribution in [1.82, 2.24) is 5.32 Å². The van der Waals surface area contributed by atoms with Gasteiger partial charge < -0.3 is 15.2 Å². The maximum absolute atomic E-state index is 13.2. The Labute approximate surface area is 125 Å². The van der Waals surface area contributed by atoms with Crippen LogP contribution in [0.2, 0.25) is 0 Å². The van der Waals surface area contributed by atoms with E-state index in [1.807, 2.05) is 13.8 Å². The van der Waals surface area contributed by atoms with E-state index in [0.29, 0.717) is 11.3 Å². The van der Waals surface area contributed by atoms with Gasteiger partial charge in [0.25, 0.3) is 5.91 Å². The third-order valence-electron chi connectivity index (χ3n) is 3.43. The molecule has 2 atom stereocenters. The fourth-order valence-corrected chi connectivity index (χ4v) is 2.01. The maximum atomic E-state index is 13.2. The van der Waals surface area contributed by atoms with Crippen LogP contribution in [-0.2, 0) is 4.79 Å². The van der Waals surface area contributed by atoms with Crippen LogP contribution in [0.4, 0.5) is 4.39 Å². The number of halogens is 1. The van der Waals surface area contributed by atoms with Crippen LogP contribution in [0, 0.1) is 5.82 Å². The third kappa shape index (κ3) is 5.01. The summed E-state index contributed by atoms with van der Waals surface area (Å²) in [6, 6.07) is 4.00. The molecule has 0 aromatic heterocycles. The van der Waals surface area contributed by atoms with Crippen LogP contribution in [0.3, 0.4) is 0 Å². The Bertz CT molecular complexity index is 473. The molecule has 0 aliphatic rings. The normalized spacial score (nSPS) is 13.9. The van der Waals surface area contributed by atoms with Crippen LogP contribution in [0.25, 0.3) is 0 Å². The largest absolute Gasteiger partial charge is 0.481 e. The highest BCUT2D eigenvalue weighted by atomic mass is 19.1. The van der Waals surface area contributed by atoms with Crippen LogP contribution in [0.15, 0.2) is 18.2 Å². The van der Waals surface area contributed by atoms with E-state index >= 15 is 0 Å². The number of aliphatic hydroxyl groups is 1. The Morgan fingerprint density at radius 1 is 1.33 bits per heavy atom. The van der Waals surface area contributed by atoms with Gasteiger partial charge in [-0.15, -0.1) is 0 Å². The molecule has 118 valence electrons. The number of benzene rings is 1. The number of hydrogen-bond acceptors (Lipinski definition) is 3. The van der Waals surface area contributed by atoms with Gasteiger partial charge in [0.1, 0.15) is 11.6 Å². The fourth-order valence-electron chi connectivity index (χ4n) is 2.01. The molecule has 1 amide bonds. The molecule has 0 radical (unpaired) electrons. The molecule has 1 aromatic carbocycles. The smallest absolute Gasteiger partial charge is 0.260 e. The molecular formula is C16H24FNO3. The molecule has 0 heterocycles. The highest BCUT2D eigenvalue weighted by molar-refractivity contribution is 5.81. The Kier molecular flexibility index (Phi) is 6.62. The molecule has 0 fully saturated rings. The number of hydrogen-bond donors (Lipinski definition) is 2. The molecular weight excluding hydrogens is 273 g/mol. The van der Waals surface area contributed by atoms with Crippen molar-refractivity contribution in [3.8, 4) is 5.75 Å². The molecule has 0 saturated heterocycles. The molecule has 1 aromatic rings. The summed E-state index contributed by atoms with van der Waals surface area (Å²) in [5.74, 6) is -0.351. The van der Waals surface area contributed by atoms with Crippen molar-refractivity contribution in [3.05, 3.63) is 29.6 Å². The van der Waals surface area contributed by atoms with Gasteiger partial charge >= 0.3 is 0 Å². The summed E-state index contributed by atoms with van der Waals surface area (Å²) >= 11 is 0. The molecule has 4 nitrogen and oxygen atoms in total. The minimum Gasteiger partial charge on any atom is -0.481 e. The Hall–Kier alpha value is -1.62. The topological polar surface area (TPSA) is 58.6 Å². The number of amides is 1. The molecule has 1 unspecified atom stereocenters. The van der Waals surface area contributed by atoms with E-state index in [4.69, 9.17) is 4.74 Å². The molecule has 5 heteroatoms. The van der Waals surface area contributed by atoms with Crippen molar-refractivity contribution >= 4 is 5.91 Å². The molecule has 0 aliphatic carbocycles. The number of aliphatic hydroxyl groups excluding tert-OH is 1. The Morgan fingerprint density at radius 2 is 1.95 bits per heavy atom. The summed E-state index contributed by atoms with van der Waals surface area (Å²) in [5.41, 5.74) is 0.331. The Morgan fingerprint density at radius 3 is 2.48 bits per heavy atom. The van der Waals surface area contributed by atoms with E-state index in [2.05, 4.69) is 5.32 Å². The van der Waals surface area contributed by atoms with E-state index in [-0.39, 0.29) is 11.9 Å². The van der Waals surface area contributed by atoms with E-state index in [1.54, 1.807) is 6.92 Å². The number of carbonyl (C=O) groups excluding carboxylic acids is 1. The van der Waals surface area contributed by atoms with E-state index in [0.717, 1.165) is 12.8 Å². The average molecular weight is 297 g/mol. The zero-order valence-corrected chi connectivity index (χ0v) is 13.0. The van der Waals surface area contributed by atoms with E-state index in [9.17, 15) is 14.3 Å². The summed E-state index contributed by atoms with van der Waals surface area (Å²) in [6.07, 6.45) is 0.119. The number of carbonyl (C=O) groups is 1. The first-order valence-corrected chi connectivity index (χ1v) is 7.33. The van der Waals surface area contributed by atoms with Crippen molar-refractivity contribution in [3.63, 3.8) is 0 Å². The Balaban J connectivity index is 2.78. The predicted molar refractivity (Wildman–Crippen MR) is 79.6 cm³/mol. The van der Waals surface area contributed by atoms with Crippen LogP contribution in [0.5, 0.6) is 5.75 Å². The van der Waals surface area contributed by atoms with Crippen molar-refractivity contribution in [2.45, 2.75) is 58.8 Å². The molecule has 0 bridgehead atoms. The monoisotopic (exact) mass is 297 g/mol. The average Bonchev–Trinajstić information content (AvgIpc) is 2.45. The van der Waals surface area contributed by atoms with Crippen LogP contribution in [0.1, 0.15) is 52.2 Å². The first kappa shape index (κ1) is 17.4. The molecule has 1 rings (SSSR count). The quantitative estimate of drug-likeness (QED) is 0.813. The van der Waals surface area contributed by atoms with Gasteiger partial charge in [0, 0.05) is 11.6 Å². The van der Waals surface area contributed by atoms with Gasteiger partial charge in [-0.2, -0.15) is 0 Å². The van der Waals surface area contributed by atoms with Crippen molar-refractivity contribution < 1.29 is 19.0 Å². The summed E-state index contributed by atoms with van der Waals surface area (Å²) in [4.78, 5) is 12.1. The van der Waals surface area contributed by atoms with Gasteiger partial charge in [-0.1, -0.05) is 13.8 Å². The van der Waals surface area contributed by atoms with E-state index < -0.39 is 18.0 Å². The predicted octanol–water partition coefficient (Wildman–Crippen LogP) is 2.95. The zero-order valence-electron chi connectivity index (χ0n) is 13.0. The number of ether oxygens (including phenoxy) is 1. The van der Waals surface area contributed by atoms with Gasteiger partial charge in [0.2, 0.25) is 0 Å². The molecule has 0 aliphatic heterocycles. The minimum atomic E-state index is -0.870. The van der Waals surface area contributed by atoms with Gasteiger partial charge in [-0.3, -0.25) is 4.79 Å². The highest BCUT2D eigenvalue weighted by Crippen LogP contribution is 2.26. The van der Waals surface area contributed by atoms with Crippen LogP contribution < -0.4 is 10.1 Å². The second-order valence-electron chi connectivity index (χ2n) is 5.14. The molecule has 2 N–H and O–H groups in total. The van der Waals surface area contributed by atoms with Crippen LogP contribution in [-0.4, -0.2) is 23.2 Å². The zero-order chi connectivity index (χ0) is 16.0. The standard InChI is InChI=1S/C16H24FNO3/c1-5-13(6-2)18-16(20)11(4)21-15-8-7-12(17)9-14(15)10(3)19/h7-11,13,19H,5-6H2,1-4H3,(H,18,20)/t10-,11?/m0/s1. The van der Waals surface area contributed by atoms with Gasteiger partial charge in [-0.05, 0) is 44.9 Å². The fraction of sp³-hybridized carbons (Fsp3) is 0.562. The first-order chi connectivity index (χ1) is 9.88. The maximum Gasteiger partial charge on any atom is 0.260 e. The van der Waals surface area contributed by atoms with Crippen LogP contribution >= 0.6 is 0 Å². The number of nitrogens with one attached hydrogen (secondary N) is 1. The number of rotatable bonds is 7. The minimum absolute atomic E-state index is 0.119. The van der Waals surface area contributed by atoms with Crippen molar-refractivity contribution in [2.75, 3.05) is 0 Å². The van der Waals surface area contributed by atoms with E-state index in [1.165, 1.54) is 25.1 Å². The second kappa shape index (κ2) is 7.98. The van der Waals surface area contributed by atoms with Gasteiger partial charge in [0.15, 0.2) is 6.10 Å². The lowest BCUT2D eigenvalue weighted by Crippen LogP contribution is -2.42. The lowest BCUT2D eigenvalue weighted by molar-refractivity contribution is -0.128. The van der Waals surface area contributed by atoms with Crippen molar-refractivity contribution in [2.24, 2.45) is 0 Å². The molecule has 0 saturated carbocycles. The second-order valence-corrected chi connectivity index (χ2v) is 5.14. The van der Waals surface area contributed by atoms with Gasteiger partial charge in [0.05, 0.1) is 6.10 Å². The molecule has 0 spiro atoms. The lowest BCUT2D eigenvalue weighted by Gasteiger charge is -2.21. The highest BCUT2D eigenvalue weighted by Gasteiger charge is 2.20. The SMILES string of the molecule is CCC(CC)NC(=O)C(C)Oc1ccc(F)cc1[C@H](C)O. The third-order valence-corrected chi connectivity index (χ3v) is 3.43. The first-order valence-electron chi connectivity index (χ1n) is 7.33. The summed E-state index contributed by atoms with van der Waals surface area (Å²) in [7, 11) is 0. The summed E-state index contributed by atoms with van der Waals surface area (Å²) < 4.78 is 18.8.